The van der Waals surface area contributed by atoms with Crippen molar-refractivity contribution < 1.29 is 9.59 Å². The van der Waals surface area contributed by atoms with E-state index in [9.17, 15) is 9.59 Å². The van der Waals surface area contributed by atoms with E-state index in [2.05, 4.69) is 30.6 Å². The number of carbonyl (C=O) groups is 2. The summed E-state index contributed by atoms with van der Waals surface area (Å²) in [5.41, 5.74) is 3.82. The Morgan fingerprint density at radius 2 is 1.59 bits per heavy atom. The minimum Gasteiger partial charge on any atom is -0.322 e. The van der Waals surface area contributed by atoms with Crippen molar-refractivity contribution in [1.29, 1.82) is 0 Å². The second kappa shape index (κ2) is 9.25. The SMILES string of the molecule is O=C(Nc1ccc(-c2cc(NC(=O)c3ccnc4ccccc34)ncn2)cc1)c1cccnc1. The largest absolute Gasteiger partial charge is 0.322 e. The van der Waals surface area contributed by atoms with Crippen LogP contribution in [0.4, 0.5) is 11.5 Å². The summed E-state index contributed by atoms with van der Waals surface area (Å²) >= 11 is 0. The lowest BCUT2D eigenvalue weighted by molar-refractivity contribution is 0.101. The number of para-hydroxylation sites is 1. The maximum Gasteiger partial charge on any atom is 0.257 e. The number of benzene rings is 2. The molecule has 2 amide bonds. The lowest BCUT2D eigenvalue weighted by atomic mass is 10.1. The number of rotatable bonds is 5. The van der Waals surface area contributed by atoms with Gasteiger partial charge in [0.2, 0.25) is 0 Å². The highest BCUT2D eigenvalue weighted by Crippen LogP contribution is 2.22. The molecule has 0 aliphatic heterocycles. The third kappa shape index (κ3) is 4.46. The van der Waals surface area contributed by atoms with Crippen LogP contribution >= 0.6 is 0 Å². The number of anilines is 2. The van der Waals surface area contributed by atoms with Crippen molar-refractivity contribution in [3.05, 3.63) is 109 Å². The first-order valence-corrected chi connectivity index (χ1v) is 10.5. The number of amides is 2. The summed E-state index contributed by atoms with van der Waals surface area (Å²) in [5.74, 6) is -0.141. The second-order valence-electron chi connectivity index (χ2n) is 7.39. The third-order valence-electron chi connectivity index (χ3n) is 5.16. The lowest BCUT2D eigenvalue weighted by Gasteiger charge is -2.09. The maximum absolute atomic E-state index is 12.9. The number of fused-ring (bicyclic) bond motifs is 1. The second-order valence-corrected chi connectivity index (χ2v) is 7.39. The first-order chi connectivity index (χ1) is 16.7. The molecule has 0 spiro atoms. The van der Waals surface area contributed by atoms with Crippen LogP contribution in [0.1, 0.15) is 20.7 Å². The number of carbonyl (C=O) groups excluding carboxylic acids is 2. The fraction of sp³-hybridized carbons (Fsp3) is 0. The molecule has 164 valence electrons. The molecule has 0 radical (unpaired) electrons. The topological polar surface area (TPSA) is 110 Å². The van der Waals surface area contributed by atoms with Crippen LogP contribution in [0, 0.1) is 0 Å². The zero-order valence-electron chi connectivity index (χ0n) is 17.8. The predicted octanol–water partition coefficient (Wildman–Crippen LogP) is 4.59. The normalized spacial score (nSPS) is 10.6. The van der Waals surface area contributed by atoms with Crippen molar-refractivity contribution in [2.24, 2.45) is 0 Å². The van der Waals surface area contributed by atoms with Gasteiger partial charge >= 0.3 is 0 Å². The van der Waals surface area contributed by atoms with Crippen molar-refractivity contribution in [1.82, 2.24) is 19.9 Å². The molecular weight excluding hydrogens is 428 g/mol. The van der Waals surface area contributed by atoms with Crippen LogP contribution < -0.4 is 10.6 Å². The lowest BCUT2D eigenvalue weighted by Crippen LogP contribution is -2.14. The Bertz CT molecular complexity index is 1480. The molecule has 0 saturated carbocycles. The van der Waals surface area contributed by atoms with Gasteiger partial charge in [0.05, 0.1) is 22.3 Å². The number of hydrogen-bond acceptors (Lipinski definition) is 6. The standard InChI is InChI=1S/C26H18N6O2/c33-25(18-4-3-12-27-15-18)31-19-9-7-17(8-10-19)23-14-24(30-16-29-23)32-26(34)21-11-13-28-22-6-2-1-5-20(21)22/h1-16H,(H,31,33)(H,29,30,32,34). The van der Waals surface area contributed by atoms with E-state index in [-0.39, 0.29) is 11.8 Å². The average molecular weight is 446 g/mol. The van der Waals surface area contributed by atoms with E-state index in [1.807, 2.05) is 36.4 Å². The Kier molecular flexibility index (Phi) is 5.69. The monoisotopic (exact) mass is 446 g/mol. The summed E-state index contributed by atoms with van der Waals surface area (Å²) in [6.07, 6.45) is 6.13. The zero-order valence-corrected chi connectivity index (χ0v) is 17.8. The molecule has 8 heteroatoms. The highest BCUT2D eigenvalue weighted by molar-refractivity contribution is 6.12. The molecule has 0 aliphatic carbocycles. The van der Waals surface area contributed by atoms with Gasteiger partial charge in [0.25, 0.3) is 11.8 Å². The van der Waals surface area contributed by atoms with Gasteiger partial charge in [0.1, 0.15) is 12.1 Å². The van der Waals surface area contributed by atoms with Gasteiger partial charge < -0.3 is 10.6 Å². The Morgan fingerprint density at radius 1 is 0.735 bits per heavy atom. The van der Waals surface area contributed by atoms with E-state index in [1.165, 1.54) is 12.5 Å². The molecule has 5 rings (SSSR count). The molecule has 3 heterocycles. The number of hydrogen-bond donors (Lipinski definition) is 2. The van der Waals surface area contributed by atoms with Gasteiger partial charge in [0.15, 0.2) is 0 Å². The Labute approximate surface area is 194 Å². The zero-order chi connectivity index (χ0) is 23.3. The minimum absolute atomic E-state index is 0.239. The van der Waals surface area contributed by atoms with Gasteiger partial charge in [-0.3, -0.25) is 19.6 Å². The van der Waals surface area contributed by atoms with E-state index in [4.69, 9.17) is 0 Å². The number of nitrogens with zero attached hydrogens (tertiary/aromatic N) is 4. The van der Waals surface area contributed by atoms with Crippen LogP contribution in [0.5, 0.6) is 0 Å². The fourth-order valence-corrected chi connectivity index (χ4v) is 3.49. The molecule has 8 nitrogen and oxygen atoms in total. The average Bonchev–Trinajstić information content (AvgIpc) is 2.89. The molecule has 0 saturated heterocycles. The van der Waals surface area contributed by atoms with Crippen LogP contribution in [0.15, 0.2) is 97.7 Å². The third-order valence-corrected chi connectivity index (χ3v) is 5.16. The first-order valence-electron chi connectivity index (χ1n) is 10.5. The summed E-state index contributed by atoms with van der Waals surface area (Å²) in [6, 6.07) is 21.5. The Hall–Kier alpha value is -4.98. The number of pyridine rings is 2. The Balaban J connectivity index is 1.32. The molecule has 0 bridgehead atoms. The molecule has 5 aromatic rings. The molecule has 2 N–H and O–H groups in total. The summed E-state index contributed by atoms with van der Waals surface area (Å²) in [5, 5.41) is 6.43. The van der Waals surface area contributed by atoms with Crippen LogP contribution in [-0.2, 0) is 0 Å². The van der Waals surface area contributed by atoms with Gasteiger partial charge in [-0.25, -0.2) is 9.97 Å². The number of aromatic nitrogens is 4. The first kappa shape index (κ1) is 20.9. The highest BCUT2D eigenvalue weighted by Gasteiger charge is 2.12. The number of nitrogens with one attached hydrogen (secondary N) is 2. The van der Waals surface area contributed by atoms with E-state index in [1.54, 1.807) is 48.8 Å². The molecule has 3 aromatic heterocycles. The van der Waals surface area contributed by atoms with Crippen LogP contribution in [-0.4, -0.2) is 31.8 Å². The van der Waals surface area contributed by atoms with Crippen LogP contribution in [0.2, 0.25) is 0 Å². The van der Waals surface area contributed by atoms with E-state index in [0.717, 1.165) is 16.5 Å². The van der Waals surface area contributed by atoms with Crippen molar-refractivity contribution in [2.75, 3.05) is 10.6 Å². The molecule has 0 unspecified atom stereocenters. The van der Waals surface area contributed by atoms with Gasteiger partial charge in [0, 0.05) is 41.3 Å². The van der Waals surface area contributed by atoms with Gasteiger partial charge in [-0.15, -0.1) is 0 Å². The molecule has 34 heavy (non-hydrogen) atoms. The minimum atomic E-state index is -0.281. The quantitative estimate of drug-likeness (QED) is 0.409. The molecule has 0 atom stereocenters. The molecule has 0 aliphatic rings. The maximum atomic E-state index is 12.9. The molecular formula is C26H18N6O2. The predicted molar refractivity (Wildman–Crippen MR) is 129 cm³/mol. The van der Waals surface area contributed by atoms with Crippen LogP contribution in [0.25, 0.3) is 22.2 Å². The molecule has 2 aromatic carbocycles. The van der Waals surface area contributed by atoms with Crippen LogP contribution in [0.3, 0.4) is 0 Å². The van der Waals surface area contributed by atoms with E-state index in [0.29, 0.717) is 28.3 Å². The van der Waals surface area contributed by atoms with Crippen molar-refractivity contribution >= 4 is 34.2 Å². The van der Waals surface area contributed by atoms with Crippen molar-refractivity contribution in [3.8, 4) is 11.3 Å². The van der Waals surface area contributed by atoms with E-state index >= 15 is 0 Å². The smallest absolute Gasteiger partial charge is 0.257 e. The summed E-state index contributed by atoms with van der Waals surface area (Å²) in [6.45, 7) is 0. The van der Waals surface area contributed by atoms with E-state index < -0.39 is 0 Å². The van der Waals surface area contributed by atoms with Gasteiger partial charge in [-0.2, -0.15) is 0 Å². The Morgan fingerprint density at radius 3 is 2.41 bits per heavy atom. The van der Waals surface area contributed by atoms with Crippen molar-refractivity contribution in [2.45, 2.75) is 0 Å². The summed E-state index contributed by atoms with van der Waals surface area (Å²) in [4.78, 5) is 41.9. The summed E-state index contributed by atoms with van der Waals surface area (Å²) in [7, 11) is 0. The summed E-state index contributed by atoms with van der Waals surface area (Å²) < 4.78 is 0. The highest BCUT2D eigenvalue weighted by atomic mass is 16.2. The van der Waals surface area contributed by atoms with Gasteiger partial charge in [-0.1, -0.05) is 30.3 Å². The fourth-order valence-electron chi connectivity index (χ4n) is 3.49. The van der Waals surface area contributed by atoms with Crippen molar-refractivity contribution in [3.63, 3.8) is 0 Å². The van der Waals surface area contributed by atoms with Gasteiger partial charge in [-0.05, 0) is 36.4 Å². The molecule has 0 fully saturated rings.